The van der Waals surface area contributed by atoms with E-state index >= 15 is 0 Å². The predicted octanol–water partition coefficient (Wildman–Crippen LogP) is 3.03. The Balaban J connectivity index is 2.16. The molecule has 1 aromatic carbocycles. The van der Waals surface area contributed by atoms with Crippen LogP contribution < -0.4 is 5.32 Å². The molecule has 2 N–H and O–H groups in total. The van der Waals surface area contributed by atoms with Crippen molar-refractivity contribution in [2.45, 2.75) is 45.1 Å². The fraction of sp³-hybridized carbons (Fsp3) is 0.500. The summed E-state index contributed by atoms with van der Waals surface area (Å²) < 4.78 is 0. The van der Waals surface area contributed by atoms with Crippen LogP contribution in [0.2, 0.25) is 5.02 Å². The van der Waals surface area contributed by atoms with E-state index in [1.165, 1.54) is 6.92 Å². The van der Waals surface area contributed by atoms with Crippen LogP contribution >= 0.6 is 11.6 Å². The molecule has 21 heavy (non-hydrogen) atoms. The van der Waals surface area contributed by atoms with Crippen molar-refractivity contribution in [2.75, 3.05) is 0 Å². The lowest BCUT2D eigenvalue weighted by molar-refractivity contribution is -0.143. The molecule has 0 spiro atoms. The van der Waals surface area contributed by atoms with Gasteiger partial charge in [-0.05, 0) is 43.9 Å². The van der Waals surface area contributed by atoms with Crippen LogP contribution in [0.3, 0.4) is 0 Å². The second kappa shape index (κ2) is 6.48. The van der Waals surface area contributed by atoms with Crippen LogP contribution in [-0.2, 0) is 16.0 Å². The van der Waals surface area contributed by atoms with Crippen LogP contribution in [0, 0.1) is 5.41 Å². The van der Waals surface area contributed by atoms with Crippen LogP contribution in [0.15, 0.2) is 24.3 Å². The average Bonchev–Trinajstić information content (AvgIpc) is 2.88. The summed E-state index contributed by atoms with van der Waals surface area (Å²) in [6, 6.07) is 6.64. The zero-order chi connectivity index (χ0) is 15.5. The van der Waals surface area contributed by atoms with Gasteiger partial charge in [0.05, 0.1) is 5.41 Å². The first-order valence-electron chi connectivity index (χ1n) is 7.21. The van der Waals surface area contributed by atoms with Crippen molar-refractivity contribution in [3.63, 3.8) is 0 Å². The second-order valence-corrected chi connectivity index (χ2v) is 6.26. The smallest absolute Gasteiger partial charge is 0.325 e. The number of aliphatic carboxylic acids is 1. The normalized spacial score (nSPS) is 18.2. The van der Waals surface area contributed by atoms with Crippen molar-refractivity contribution >= 4 is 23.5 Å². The number of amides is 1. The summed E-state index contributed by atoms with van der Waals surface area (Å²) in [5.74, 6) is -1.17. The SMILES string of the molecule is C[C@@H](NC(=O)C1(Cc2cccc(Cl)c2)CCCC1)C(=O)O. The van der Waals surface area contributed by atoms with E-state index in [1.807, 2.05) is 18.2 Å². The van der Waals surface area contributed by atoms with E-state index in [1.54, 1.807) is 6.07 Å². The van der Waals surface area contributed by atoms with Gasteiger partial charge in [0.1, 0.15) is 6.04 Å². The van der Waals surface area contributed by atoms with E-state index in [0.717, 1.165) is 31.2 Å². The van der Waals surface area contributed by atoms with Gasteiger partial charge in [0.2, 0.25) is 5.91 Å². The average molecular weight is 310 g/mol. The van der Waals surface area contributed by atoms with Crippen molar-refractivity contribution in [1.82, 2.24) is 5.32 Å². The van der Waals surface area contributed by atoms with Gasteiger partial charge in [-0.2, -0.15) is 0 Å². The summed E-state index contributed by atoms with van der Waals surface area (Å²) >= 11 is 6.00. The lowest BCUT2D eigenvalue weighted by Gasteiger charge is -2.29. The van der Waals surface area contributed by atoms with E-state index in [0.29, 0.717) is 11.4 Å². The van der Waals surface area contributed by atoms with Crippen molar-refractivity contribution in [1.29, 1.82) is 0 Å². The largest absolute Gasteiger partial charge is 0.480 e. The number of hydrogen-bond donors (Lipinski definition) is 2. The highest BCUT2D eigenvalue weighted by Crippen LogP contribution is 2.41. The number of carboxylic acid groups (broad SMARTS) is 1. The van der Waals surface area contributed by atoms with Crippen LogP contribution in [-0.4, -0.2) is 23.0 Å². The number of benzene rings is 1. The van der Waals surface area contributed by atoms with E-state index in [-0.39, 0.29) is 5.91 Å². The first-order valence-corrected chi connectivity index (χ1v) is 7.59. The molecule has 0 aromatic heterocycles. The quantitative estimate of drug-likeness (QED) is 0.878. The molecule has 1 atom stereocenters. The Hall–Kier alpha value is -1.55. The molecule has 0 heterocycles. The van der Waals surface area contributed by atoms with E-state index in [2.05, 4.69) is 5.32 Å². The lowest BCUT2D eigenvalue weighted by Crippen LogP contribution is -2.47. The van der Waals surface area contributed by atoms with Gasteiger partial charge in [-0.3, -0.25) is 9.59 Å². The van der Waals surface area contributed by atoms with Crippen LogP contribution in [0.5, 0.6) is 0 Å². The van der Waals surface area contributed by atoms with Gasteiger partial charge in [0.25, 0.3) is 0 Å². The maximum atomic E-state index is 12.6. The molecule has 1 aromatic rings. The third-order valence-electron chi connectivity index (χ3n) is 4.19. The number of nitrogens with one attached hydrogen (secondary N) is 1. The standard InChI is InChI=1S/C16H20ClNO3/c1-11(14(19)20)18-15(21)16(7-2-3-8-16)10-12-5-4-6-13(17)9-12/h4-6,9,11H,2-3,7-8,10H2,1H3,(H,18,21)(H,19,20)/t11-/m1/s1. The first-order chi connectivity index (χ1) is 9.93. The monoisotopic (exact) mass is 309 g/mol. The van der Waals surface area contributed by atoms with Gasteiger partial charge in [-0.1, -0.05) is 36.6 Å². The lowest BCUT2D eigenvalue weighted by atomic mass is 9.79. The summed E-state index contributed by atoms with van der Waals surface area (Å²) in [6.07, 6.45) is 4.17. The van der Waals surface area contributed by atoms with Crippen LogP contribution in [0.4, 0.5) is 0 Å². The minimum Gasteiger partial charge on any atom is -0.480 e. The fourth-order valence-corrected chi connectivity index (χ4v) is 3.20. The fourth-order valence-electron chi connectivity index (χ4n) is 2.99. The molecule has 4 nitrogen and oxygen atoms in total. The zero-order valence-corrected chi connectivity index (χ0v) is 12.8. The highest BCUT2D eigenvalue weighted by atomic mass is 35.5. The maximum Gasteiger partial charge on any atom is 0.325 e. The van der Waals surface area contributed by atoms with Crippen molar-refractivity contribution in [3.05, 3.63) is 34.9 Å². The molecule has 0 unspecified atom stereocenters. The molecular formula is C16H20ClNO3. The van der Waals surface area contributed by atoms with Gasteiger partial charge in [0.15, 0.2) is 0 Å². The van der Waals surface area contributed by atoms with E-state index in [9.17, 15) is 9.59 Å². The van der Waals surface area contributed by atoms with Crippen LogP contribution in [0.1, 0.15) is 38.2 Å². The summed E-state index contributed by atoms with van der Waals surface area (Å²) in [5, 5.41) is 12.2. The highest BCUT2D eigenvalue weighted by molar-refractivity contribution is 6.30. The molecule has 1 aliphatic carbocycles. The number of hydrogen-bond acceptors (Lipinski definition) is 2. The zero-order valence-electron chi connectivity index (χ0n) is 12.1. The Morgan fingerprint density at radius 2 is 2.05 bits per heavy atom. The second-order valence-electron chi connectivity index (χ2n) is 5.83. The van der Waals surface area contributed by atoms with Gasteiger partial charge in [0, 0.05) is 5.02 Å². The minimum atomic E-state index is -1.01. The predicted molar refractivity (Wildman–Crippen MR) is 81.3 cm³/mol. The number of rotatable bonds is 5. The molecule has 0 saturated heterocycles. The molecular weight excluding hydrogens is 290 g/mol. The molecule has 0 radical (unpaired) electrons. The van der Waals surface area contributed by atoms with Crippen molar-refractivity contribution in [2.24, 2.45) is 5.41 Å². The number of carboxylic acids is 1. The Bertz CT molecular complexity index is 538. The van der Waals surface area contributed by atoms with Gasteiger partial charge in [-0.25, -0.2) is 0 Å². The molecule has 1 fully saturated rings. The molecule has 0 bridgehead atoms. The summed E-state index contributed by atoms with van der Waals surface area (Å²) in [4.78, 5) is 23.5. The molecule has 1 saturated carbocycles. The Morgan fingerprint density at radius 1 is 1.38 bits per heavy atom. The van der Waals surface area contributed by atoms with Gasteiger partial charge < -0.3 is 10.4 Å². The molecule has 2 rings (SSSR count). The number of halogens is 1. The summed E-state index contributed by atoms with van der Waals surface area (Å²) in [6.45, 7) is 1.49. The van der Waals surface area contributed by atoms with E-state index < -0.39 is 17.4 Å². The Labute approximate surface area is 129 Å². The maximum absolute atomic E-state index is 12.6. The van der Waals surface area contributed by atoms with Gasteiger partial charge in [-0.15, -0.1) is 0 Å². The third-order valence-corrected chi connectivity index (χ3v) is 4.43. The summed E-state index contributed by atoms with van der Waals surface area (Å²) in [7, 11) is 0. The first kappa shape index (κ1) is 15.8. The molecule has 1 amide bonds. The van der Waals surface area contributed by atoms with Gasteiger partial charge >= 0.3 is 5.97 Å². The molecule has 114 valence electrons. The van der Waals surface area contributed by atoms with Crippen LogP contribution in [0.25, 0.3) is 0 Å². The van der Waals surface area contributed by atoms with E-state index in [4.69, 9.17) is 16.7 Å². The molecule has 0 aliphatic heterocycles. The minimum absolute atomic E-state index is 0.158. The topological polar surface area (TPSA) is 66.4 Å². The Morgan fingerprint density at radius 3 is 2.62 bits per heavy atom. The molecule has 1 aliphatic rings. The summed E-state index contributed by atoms with van der Waals surface area (Å²) in [5.41, 5.74) is 0.511. The Kier molecular flexibility index (Phi) is 4.88. The number of carbonyl (C=O) groups is 2. The molecule has 5 heteroatoms. The third kappa shape index (κ3) is 3.76. The van der Waals surface area contributed by atoms with Crippen molar-refractivity contribution in [3.8, 4) is 0 Å². The van der Waals surface area contributed by atoms with Crippen molar-refractivity contribution < 1.29 is 14.7 Å². The number of carbonyl (C=O) groups excluding carboxylic acids is 1. The highest BCUT2D eigenvalue weighted by Gasteiger charge is 2.41.